The summed E-state index contributed by atoms with van der Waals surface area (Å²) in [4.78, 5) is -0.0990. The van der Waals surface area contributed by atoms with Crippen LogP contribution in [0.25, 0.3) is 5.69 Å². The predicted octanol–water partition coefficient (Wildman–Crippen LogP) is 4.71. The summed E-state index contributed by atoms with van der Waals surface area (Å²) in [6, 6.07) is 2.36. The Kier molecular flexibility index (Phi) is 8.19. The summed E-state index contributed by atoms with van der Waals surface area (Å²) < 4.78 is 102. The van der Waals surface area contributed by atoms with Crippen molar-refractivity contribution in [2.45, 2.75) is 16.6 Å². The summed E-state index contributed by atoms with van der Waals surface area (Å²) in [5.74, 6) is -0.621. The molecule has 1 atom stereocenters. The van der Waals surface area contributed by atoms with Gasteiger partial charge < -0.3 is 18.9 Å². The molecule has 1 aromatic carbocycles. The molecule has 0 aliphatic carbocycles. The lowest BCUT2D eigenvalue weighted by Crippen LogP contribution is -2.33. The molecule has 0 amide bonds. The molecule has 16 heteroatoms. The Morgan fingerprint density at radius 1 is 1.12 bits per heavy atom. The van der Waals surface area contributed by atoms with E-state index < -0.39 is 74.0 Å². The molecule has 7 nitrogen and oxygen atoms in total. The van der Waals surface area contributed by atoms with Crippen molar-refractivity contribution in [1.29, 1.82) is 5.26 Å². The minimum absolute atomic E-state index is 0.442. The maximum absolute atomic E-state index is 13.3. The van der Waals surface area contributed by atoms with Crippen molar-refractivity contribution in [1.82, 2.24) is 9.78 Å². The van der Waals surface area contributed by atoms with Gasteiger partial charge in [-0.1, -0.05) is 23.2 Å². The van der Waals surface area contributed by atoms with Gasteiger partial charge in [-0.2, -0.15) is 18.4 Å². The number of methoxy groups -OCH3 is 2. The number of benzene rings is 1. The Labute approximate surface area is 190 Å². The largest absolute Gasteiger partial charge is 0.604 e. The fraction of sp³-hybridized carbons (Fsp3) is 0.375. The number of alkyl halides is 6. The molecular formula is C16H12Cl2F6N4O3S. The van der Waals surface area contributed by atoms with E-state index in [2.05, 4.69) is 5.10 Å². The average Bonchev–Trinajstić information content (AvgIpc) is 3.04. The lowest BCUT2D eigenvalue weighted by molar-refractivity contribution is -0.137. The van der Waals surface area contributed by atoms with Gasteiger partial charge in [-0.25, -0.2) is 4.68 Å². The molecule has 0 saturated heterocycles. The third kappa shape index (κ3) is 5.36. The second-order valence-electron chi connectivity index (χ2n) is 5.90. The van der Waals surface area contributed by atoms with Crippen LogP contribution in [-0.4, -0.2) is 47.5 Å². The van der Waals surface area contributed by atoms with Crippen molar-refractivity contribution >= 4 is 40.2 Å². The molecule has 0 radical (unpaired) electrons. The number of nitrogens with zero attached hydrogens (tertiary/aromatic N) is 4. The average molecular weight is 525 g/mol. The van der Waals surface area contributed by atoms with Crippen LogP contribution in [0.15, 0.2) is 17.0 Å². The Balaban J connectivity index is 2.93. The molecule has 0 aliphatic heterocycles. The first-order chi connectivity index (χ1) is 14.8. The summed E-state index contributed by atoms with van der Waals surface area (Å²) in [5.41, 5.74) is -7.92. The van der Waals surface area contributed by atoms with Gasteiger partial charge in [0.15, 0.2) is 5.82 Å². The van der Waals surface area contributed by atoms with Gasteiger partial charge in [0.05, 0.1) is 15.6 Å². The van der Waals surface area contributed by atoms with Crippen LogP contribution < -0.4 is 4.90 Å². The molecule has 176 valence electrons. The summed E-state index contributed by atoms with van der Waals surface area (Å²) in [5, 5.41) is 11.7. The summed E-state index contributed by atoms with van der Waals surface area (Å²) in [6.45, 7) is -0.884. The van der Waals surface area contributed by atoms with Gasteiger partial charge >= 0.3 is 11.7 Å². The van der Waals surface area contributed by atoms with Gasteiger partial charge in [-0.3, -0.25) is 0 Å². The quantitative estimate of drug-likeness (QED) is 0.296. The van der Waals surface area contributed by atoms with Gasteiger partial charge in [0.2, 0.25) is 10.6 Å². The number of ether oxygens (including phenoxy) is 2. The number of nitriles is 1. The lowest BCUT2D eigenvalue weighted by atomic mass is 10.2. The molecule has 2 aromatic rings. The van der Waals surface area contributed by atoms with Crippen LogP contribution >= 0.6 is 23.2 Å². The molecule has 0 saturated carbocycles. The smallest absolute Gasteiger partial charge is 0.578 e. The highest BCUT2D eigenvalue weighted by atomic mass is 35.5. The van der Waals surface area contributed by atoms with E-state index in [1.807, 2.05) is 0 Å². The van der Waals surface area contributed by atoms with Crippen LogP contribution in [-0.2, 0) is 26.8 Å². The number of halogens is 8. The van der Waals surface area contributed by atoms with Crippen LogP contribution in [0.5, 0.6) is 0 Å². The maximum Gasteiger partial charge on any atom is 0.578 e. The summed E-state index contributed by atoms with van der Waals surface area (Å²) >= 11 is 8.19. The van der Waals surface area contributed by atoms with Crippen molar-refractivity contribution in [2.75, 3.05) is 32.6 Å². The maximum atomic E-state index is 13.3. The third-order valence-corrected chi connectivity index (χ3v) is 5.49. The van der Waals surface area contributed by atoms with Crippen molar-refractivity contribution in [2.24, 2.45) is 0 Å². The molecule has 1 heterocycles. The number of anilines is 1. The Morgan fingerprint density at radius 2 is 1.62 bits per heavy atom. The zero-order valence-electron chi connectivity index (χ0n) is 16.0. The SMILES string of the molecule is COCN(COC)c1c([S+]([O-])C(F)(F)F)c(C#N)nn1-c1c(Cl)cc(C(F)(F)F)cc1Cl. The van der Waals surface area contributed by atoms with Crippen LogP contribution in [0.4, 0.5) is 32.2 Å². The minimum Gasteiger partial charge on any atom is -0.604 e. The van der Waals surface area contributed by atoms with Crippen LogP contribution in [0.2, 0.25) is 10.0 Å². The monoisotopic (exact) mass is 524 g/mol. The first-order valence-electron chi connectivity index (χ1n) is 8.09. The highest BCUT2D eigenvalue weighted by molar-refractivity contribution is 7.92. The van der Waals surface area contributed by atoms with Gasteiger partial charge in [-0.15, -0.1) is 18.3 Å². The van der Waals surface area contributed by atoms with Gasteiger partial charge in [0.1, 0.15) is 36.4 Å². The van der Waals surface area contributed by atoms with Gasteiger partial charge in [-0.05, 0) is 12.1 Å². The standard InChI is InChI=1S/C16H12Cl2F6N4O3S/c1-30-6-27(7-31-2)14-13(32(29)16(22,23)24)11(5-25)26-28(14)12-9(17)3-8(4-10(12)18)15(19,20)21/h3-4H,6-7H2,1-2H3. The van der Waals surface area contributed by atoms with E-state index in [1.165, 1.54) is 20.3 Å². The van der Waals surface area contributed by atoms with Crippen molar-refractivity contribution < 1.29 is 40.4 Å². The molecule has 0 N–H and O–H groups in total. The van der Waals surface area contributed by atoms with Gasteiger partial charge in [0, 0.05) is 14.2 Å². The highest BCUT2D eigenvalue weighted by Gasteiger charge is 2.51. The molecule has 1 unspecified atom stereocenters. The first-order valence-corrected chi connectivity index (χ1v) is 9.99. The Bertz CT molecular complexity index is 996. The van der Waals surface area contributed by atoms with E-state index in [-0.39, 0.29) is 0 Å². The molecule has 0 fully saturated rings. The minimum atomic E-state index is -5.30. The molecule has 2 rings (SSSR count). The second kappa shape index (κ2) is 9.94. The zero-order valence-corrected chi connectivity index (χ0v) is 18.3. The Hall–Kier alpha value is -1.89. The topological polar surface area (TPSA) is 86.4 Å². The number of rotatable bonds is 7. The fourth-order valence-electron chi connectivity index (χ4n) is 2.59. The van der Waals surface area contributed by atoms with E-state index in [0.29, 0.717) is 16.8 Å². The highest BCUT2D eigenvalue weighted by Crippen LogP contribution is 2.43. The normalized spacial score (nSPS) is 13.2. The molecule has 1 aromatic heterocycles. The second-order valence-corrected chi connectivity index (χ2v) is 8.12. The molecule has 32 heavy (non-hydrogen) atoms. The van der Waals surface area contributed by atoms with Crippen LogP contribution in [0, 0.1) is 11.3 Å². The molecule has 0 bridgehead atoms. The lowest BCUT2D eigenvalue weighted by Gasteiger charge is -2.25. The molecule has 0 spiro atoms. The number of hydrogen-bond donors (Lipinski definition) is 0. The Morgan fingerprint density at radius 3 is 2.00 bits per heavy atom. The van der Waals surface area contributed by atoms with E-state index in [9.17, 15) is 36.2 Å². The number of hydrogen-bond acceptors (Lipinski definition) is 6. The van der Waals surface area contributed by atoms with Gasteiger partial charge in [0.25, 0.3) is 0 Å². The predicted molar refractivity (Wildman–Crippen MR) is 102 cm³/mol. The van der Waals surface area contributed by atoms with Crippen LogP contribution in [0.3, 0.4) is 0 Å². The first kappa shape index (κ1) is 26.4. The van der Waals surface area contributed by atoms with Crippen molar-refractivity contribution in [3.05, 3.63) is 33.4 Å². The fourth-order valence-corrected chi connectivity index (χ4v) is 4.11. The third-order valence-electron chi connectivity index (χ3n) is 3.75. The van der Waals surface area contributed by atoms with Crippen molar-refractivity contribution in [3.8, 4) is 11.8 Å². The number of aromatic nitrogens is 2. The van der Waals surface area contributed by atoms with E-state index in [1.54, 1.807) is 0 Å². The molecular weight excluding hydrogens is 513 g/mol. The van der Waals surface area contributed by atoms with Crippen molar-refractivity contribution in [3.63, 3.8) is 0 Å². The summed E-state index contributed by atoms with van der Waals surface area (Å²) in [6.07, 6.45) is -4.82. The van der Waals surface area contributed by atoms with Crippen LogP contribution in [0.1, 0.15) is 11.3 Å². The van der Waals surface area contributed by atoms with E-state index >= 15 is 0 Å². The van der Waals surface area contributed by atoms with E-state index in [0.717, 1.165) is 4.90 Å². The summed E-state index contributed by atoms with van der Waals surface area (Å²) in [7, 11) is 2.38. The molecule has 0 aliphatic rings. The van der Waals surface area contributed by atoms with E-state index in [4.69, 9.17) is 32.7 Å². The zero-order chi connectivity index (χ0) is 24.4.